The highest BCUT2D eigenvalue weighted by atomic mass is 35.5. The van der Waals surface area contributed by atoms with Crippen molar-refractivity contribution < 1.29 is 17.9 Å². The summed E-state index contributed by atoms with van der Waals surface area (Å²) in [5.41, 5.74) is 2.64. The van der Waals surface area contributed by atoms with E-state index in [1.54, 1.807) is 29.2 Å². The molecule has 1 fully saturated rings. The van der Waals surface area contributed by atoms with Gasteiger partial charge in [-0.25, -0.2) is 13.6 Å². The zero-order valence-corrected chi connectivity index (χ0v) is 18.4. The summed E-state index contributed by atoms with van der Waals surface area (Å²) in [4.78, 5) is 14.4. The summed E-state index contributed by atoms with van der Waals surface area (Å²) in [5.74, 6) is 1.15. The third-order valence-corrected chi connectivity index (χ3v) is 6.43. The van der Waals surface area contributed by atoms with Crippen molar-refractivity contribution >= 4 is 33.2 Å². The third kappa shape index (κ3) is 4.74. The summed E-state index contributed by atoms with van der Waals surface area (Å²) < 4.78 is 29.0. The van der Waals surface area contributed by atoms with E-state index in [1.807, 2.05) is 37.3 Å². The number of benzene rings is 3. The minimum atomic E-state index is -3.79. The quantitative estimate of drug-likeness (QED) is 0.607. The van der Waals surface area contributed by atoms with Gasteiger partial charge in [0.2, 0.25) is 15.9 Å². The standard InChI is InChI=1S/C23H21ClN2O4S/c1-15-2-7-19(8-3-15)30-22-13-17(24)4-11-21(22)16-12-23(27)26(14-16)18-5-9-20(10-6-18)31(25,28)29/h2-11,13,16H,12,14H2,1H3,(H2,25,28,29)/t16-/m0/s1. The lowest BCUT2D eigenvalue weighted by Gasteiger charge is -2.19. The van der Waals surface area contributed by atoms with Crippen LogP contribution in [0.15, 0.2) is 71.6 Å². The lowest BCUT2D eigenvalue weighted by Crippen LogP contribution is -2.24. The highest BCUT2D eigenvalue weighted by Crippen LogP contribution is 2.39. The number of nitrogens with zero attached hydrogens (tertiary/aromatic N) is 1. The number of anilines is 1. The Morgan fingerprint density at radius 1 is 1.03 bits per heavy atom. The number of amides is 1. The summed E-state index contributed by atoms with van der Waals surface area (Å²) in [5, 5.41) is 5.70. The van der Waals surface area contributed by atoms with E-state index >= 15 is 0 Å². The van der Waals surface area contributed by atoms with Gasteiger partial charge >= 0.3 is 0 Å². The monoisotopic (exact) mass is 456 g/mol. The molecule has 160 valence electrons. The number of sulfonamides is 1. The molecule has 0 radical (unpaired) electrons. The Morgan fingerprint density at radius 2 is 1.71 bits per heavy atom. The van der Waals surface area contributed by atoms with Crippen LogP contribution in [0.3, 0.4) is 0 Å². The molecule has 0 spiro atoms. The number of hydrogen-bond donors (Lipinski definition) is 1. The molecule has 1 saturated heterocycles. The Balaban J connectivity index is 1.59. The molecule has 0 bridgehead atoms. The molecule has 4 rings (SSSR count). The molecule has 0 saturated carbocycles. The number of aryl methyl sites for hydroxylation is 1. The first-order valence-corrected chi connectivity index (χ1v) is 11.6. The topological polar surface area (TPSA) is 89.7 Å². The SMILES string of the molecule is Cc1ccc(Oc2cc(Cl)ccc2[C@H]2CC(=O)N(c3ccc(S(N)(=O)=O)cc3)C2)cc1. The molecule has 1 amide bonds. The molecular formula is C23H21ClN2O4S. The maximum absolute atomic E-state index is 12.7. The highest BCUT2D eigenvalue weighted by Gasteiger charge is 2.33. The average molecular weight is 457 g/mol. The van der Waals surface area contributed by atoms with Crippen LogP contribution >= 0.6 is 11.6 Å². The van der Waals surface area contributed by atoms with Crippen molar-refractivity contribution in [3.63, 3.8) is 0 Å². The zero-order chi connectivity index (χ0) is 22.2. The van der Waals surface area contributed by atoms with E-state index in [0.717, 1.165) is 11.1 Å². The lowest BCUT2D eigenvalue weighted by atomic mass is 9.97. The van der Waals surface area contributed by atoms with Gasteiger partial charge in [0.1, 0.15) is 11.5 Å². The largest absolute Gasteiger partial charge is 0.457 e. The number of halogens is 1. The second-order valence-electron chi connectivity index (χ2n) is 7.54. The molecular weight excluding hydrogens is 436 g/mol. The normalized spacial score (nSPS) is 16.5. The number of hydrogen-bond acceptors (Lipinski definition) is 4. The summed E-state index contributed by atoms with van der Waals surface area (Å²) in [6, 6.07) is 19.1. The minimum absolute atomic E-state index is 0.00549. The first kappa shape index (κ1) is 21.4. The van der Waals surface area contributed by atoms with Gasteiger partial charge in [-0.15, -0.1) is 0 Å². The van der Waals surface area contributed by atoms with Crippen molar-refractivity contribution in [3.05, 3.63) is 82.9 Å². The van der Waals surface area contributed by atoms with Gasteiger partial charge in [0.05, 0.1) is 4.90 Å². The molecule has 3 aromatic rings. The lowest BCUT2D eigenvalue weighted by molar-refractivity contribution is -0.117. The van der Waals surface area contributed by atoms with Gasteiger partial charge in [-0.1, -0.05) is 35.4 Å². The molecule has 6 nitrogen and oxygen atoms in total. The summed E-state index contributed by atoms with van der Waals surface area (Å²) in [6.45, 7) is 2.45. The molecule has 2 N–H and O–H groups in total. The molecule has 1 aliphatic heterocycles. The number of nitrogens with two attached hydrogens (primary N) is 1. The predicted molar refractivity (Wildman–Crippen MR) is 120 cm³/mol. The molecule has 3 aromatic carbocycles. The Labute approximate surface area is 186 Å². The number of ether oxygens (including phenoxy) is 1. The molecule has 31 heavy (non-hydrogen) atoms. The summed E-state index contributed by atoms with van der Waals surface area (Å²) in [6.07, 6.45) is 0.308. The van der Waals surface area contributed by atoms with Crippen LogP contribution in [-0.4, -0.2) is 20.9 Å². The maximum Gasteiger partial charge on any atom is 0.238 e. The molecule has 1 heterocycles. The predicted octanol–water partition coefficient (Wildman–Crippen LogP) is 4.61. The van der Waals surface area contributed by atoms with Crippen LogP contribution in [0.2, 0.25) is 5.02 Å². The number of carbonyl (C=O) groups is 1. The van der Waals surface area contributed by atoms with Crippen molar-refractivity contribution in [3.8, 4) is 11.5 Å². The van der Waals surface area contributed by atoms with Crippen LogP contribution < -0.4 is 14.8 Å². The average Bonchev–Trinajstić information content (AvgIpc) is 3.10. The van der Waals surface area contributed by atoms with Crippen molar-refractivity contribution in [1.29, 1.82) is 0 Å². The molecule has 1 aliphatic rings. The second kappa shape index (κ2) is 8.34. The van der Waals surface area contributed by atoms with E-state index in [1.165, 1.54) is 12.1 Å². The van der Waals surface area contributed by atoms with Crippen molar-refractivity contribution in [2.45, 2.75) is 24.2 Å². The Kier molecular flexibility index (Phi) is 5.75. The van der Waals surface area contributed by atoms with Gasteiger partial charge in [0, 0.05) is 35.2 Å². The maximum atomic E-state index is 12.7. The van der Waals surface area contributed by atoms with Gasteiger partial charge in [-0.05, 0) is 55.5 Å². The highest BCUT2D eigenvalue weighted by molar-refractivity contribution is 7.89. The van der Waals surface area contributed by atoms with Crippen LogP contribution in [0.5, 0.6) is 11.5 Å². The Morgan fingerprint density at radius 3 is 2.35 bits per heavy atom. The fraction of sp³-hybridized carbons (Fsp3) is 0.174. The van der Waals surface area contributed by atoms with E-state index in [-0.39, 0.29) is 16.7 Å². The number of primary sulfonamides is 1. The summed E-state index contributed by atoms with van der Waals surface area (Å²) >= 11 is 6.20. The Bertz CT molecular complexity index is 1230. The minimum Gasteiger partial charge on any atom is -0.457 e. The van der Waals surface area contributed by atoms with Gasteiger partial charge < -0.3 is 9.64 Å². The van der Waals surface area contributed by atoms with Crippen molar-refractivity contribution in [1.82, 2.24) is 0 Å². The van der Waals surface area contributed by atoms with Crippen molar-refractivity contribution in [2.24, 2.45) is 5.14 Å². The first-order chi connectivity index (χ1) is 14.7. The number of carbonyl (C=O) groups excluding carboxylic acids is 1. The van der Waals surface area contributed by atoms with Crippen molar-refractivity contribution in [2.75, 3.05) is 11.4 Å². The van der Waals surface area contributed by atoms with E-state index < -0.39 is 10.0 Å². The molecule has 0 unspecified atom stereocenters. The van der Waals surface area contributed by atoms with Crippen LogP contribution in [0.25, 0.3) is 0 Å². The summed E-state index contributed by atoms with van der Waals surface area (Å²) in [7, 11) is -3.79. The molecule has 1 atom stereocenters. The number of rotatable bonds is 5. The molecule has 0 aromatic heterocycles. The van der Waals surface area contributed by atoms with E-state index in [2.05, 4.69) is 0 Å². The van der Waals surface area contributed by atoms with Gasteiger partial charge in [-0.2, -0.15) is 0 Å². The Hall–Kier alpha value is -2.87. The smallest absolute Gasteiger partial charge is 0.238 e. The van der Waals surface area contributed by atoms with E-state index in [9.17, 15) is 13.2 Å². The first-order valence-electron chi connectivity index (χ1n) is 9.68. The van der Waals surface area contributed by atoms with Crippen LogP contribution in [0, 0.1) is 6.92 Å². The molecule has 8 heteroatoms. The van der Waals surface area contributed by atoms with E-state index in [4.69, 9.17) is 21.5 Å². The zero-order valence-electron chi connectivity index (χ0n) is 16.8. The fourth-order valence-corrected chi connectivity index (χ4v) is 4.33. The fourth-order valence-electron chi connectivity index (χ4n) is 3.65. The third-order valence-electron chi connectivity index (χ3n) is 5.27. The van der Waals surface area contributed by atoms with Gasteiger partial charge in [0.15, 0.2) is 0 Å². The molecule has 0 aliphatic carbocycles. The van der Waals surface area contributed by atoms with Crippen LogP contribution in [0.4, 0.5) is 5.69 Å². The van der Waals surface area contributed by atoms with Gasteiger partial charge in [-0.3, -0.25) is 4.79 Å². The van der Waals surface area contributed by atoms with E-state index in [0.29, 0.717) is 35.2 Å². The van der Waals surface area contributed by atoms with Crippen LogP contribution in [0.1, 0.15) is 23.5 Å². The van der Waals surface area contributed by atoms with Gasteiger partial charge in [0.25, 0.3) is 0 Å². The second-order valence-corrected chi connectivity index (χ2v) is 9.54. The van der Waals surface area contributed by atoms with Crippen LogP contribution in [-0.2, 0) is 14.8 Å².